The third-order valence-corrected chi connectivity index (χ3v) is 6.45. The minimum atomic E-state index is -1.30. The highest BCUT2D eigenvalue weighted by Crippen LogP contribution is 2.40. The van der Waals surface area contributed by atoms with Gasteiger partial charge in [-0.05, 0) is 35.6 Å². The van der Waals surface area contributed by atoms with Crippen LogP contribution in [0.2, 0.25) is 25.2 Å². The van der Waals surface area contributed by atoms with Crippen LogP contribution in [-0.4, -0.2) is 13.9 Å². The molecular formula is C16H22OSi. The zero-order chi connectivity index (χ0) is 13.2. The molecule has 0 saturated heterocycles. The van der Waals surface area contributed by atoms with Crippen LogP contribution in [-0.2, 0) is 4.79 Å². The van der Waals surface area contributed by atoms with Crippen LogP contribution >= 0.6 is 0 Å². The van der Waals surface area contributed by atoms with Crippen molar-refractivity contribution in [2.45, 2.75) is 44.4 Å². The van der Waals surface area contributed by atoms with Crippen LogP contribution in [0.4, 0.5) is 0 Å². The molecule has 96 valence electrons. The molecule has 2 heteroatoms. The van der Waals surface area contributed by atoms with Crippen molar-refractivity contribution in [3.63, 3.8) is 0 Å². The van der Waals surface area contributed by atoms with Gasteiger partial charge in [0, 0.05) is 6.42 Å². The van der Waals surface area contributed by atoms with E-state index in [9.17, 15) is 4.79 Å². The van der Waals surface area contributed by atoms with Crippen molar-refractivity contribution in [1.29, 1.82) is 0 Å². The van der Waals surface area contributed by atoms with Crippen molar-refractivity contribution in [2.24, 2.45) is 0 Å². The largest absolute Gasteiger partial charge is 0.295 e. The summed E-state index contributed by atoms with van der Waals surface area (Å²) in [6, 6.07) is 10.2. The quantitative estimate of drug-likeness (QED) is 0.562. The van der Waals surface area contributed by atoms with Crippen molar-refractivity contribution in [1.82, 2.24) is 0 Å². The van der Waals surface area contributed by atoms with Gasteiger partial charge in [-0.15, -0.1) is 0 Å². The molecular weight excluding hydrogens is 236 g/mol. The molecule has 0 radical (unpaired) electrons. The highest BCUT2D eigenvalue weighted by Gasteiger charge is 2.35. The highest BCUT2D eigenvalue weighted by molar-refractivity contribution is 6.78. The van der Waals surface area contributed by atoms with Crippen LogP contribution in [0, 0.1) is 0 Å². The lowest BCUT2D eigenvalue weighted by atomic mass is 9.91. The highest BCUT2D eigenvalue weighted by atomic mass is 28.3. The lowest BCUT2D eigenvalue weighted by Gasteiger charge is -2.34. The Labute approximate surface area is 111 Å². The maximum Gasteiger partial charge on any atom is 0.158 e. The molecule has 0 bridgehead atoms. The number of rotatable bonds is 2. The van der Waals surface area contributed by atoms with Gasteiger partial charge < -0.3 is 0 Å². The van der Waals surface area contributed by atoms with E-state index in [4.69, 9.17) is 0 Å². The number of carbonyl (C=O) groups is 1. The topological polar surface area (TPSA) is 17.1 Å². The summed E-state index contributed by atoms with van der Waals surface area (Å²) in [6.07, 6.45) is 5.13. The summed E-state index contributed by atoms with van der Waals surface area (Å²) in [5.74, 6) is 0.373. The van der Waals surface area contributed by atoms with Crippen LogP contribution in [0.25, 0.3) is 6.08 Å². The van der Waals surface area contributed by atoms with E-state index in [1.54, 1.807) is 0 Å². The maximum atomic E-state index is 12.2. The molecule has 1 nitrogen and oxygen atoms in total. The molecule has 0 amide bonds. The average molecular weight is 258 g/mol. The molecule has 1 aliphatic carbocycles. The van der Waals surface area contributed by atoms with Gasteiger partial charge in [0.15, 0.2) is 5.78 Å². The molecule has 1 aromatic rings. The third kappa shape index (κ3) is 2.99. The van der Waals surface area contributed by atoms with Crippen LogP contribution in [0.3, 0.4) is 0 Å². The summed E-state index contributed by atoms with van der Waals surface area (Å²) in [5.41, 5.74) is 2.77. The number of Topliss-reactive ketones (excluding diaryl/α,β-unsaturated/α-hetero) is 1. The Hall–Kier alpha value is -1.15. The zero-order valence-corrected chi connectivity index (χ0v) is 12.6. The molecule has 1 aliphatic rings. The molecule has 0 N–H and O–H groups in total. The Morgan fingerprint density at radius 3 is 2.44 bits per heavy atom. The monoisotopic (exact) mass is 258 g/mol. The average Bonchev–Trinajstić information content (AvgIpc) is 2.32. The molecule has 0 heterocycles. The number of benzene rings is 1. The van der Waals surface area contributed by atoms with Crippen molar-refractivity contribution < 1.29 is 4.79 Å². The van der Waals surface area contributed by atoms with Crippen molar-refractivity contribution in [3.8, 4) is 0 Å². The first-order valence-corrected chi connectivity index (χ1v) is 10.4. The summed E-state index contributed by atoms with van der Waals surface area (Å²) in [7, 11) is -1.30. The van der Waals surface area contributed by atoms with Gasteiger partial charge in [0.1, 0.15) is 0 Å². The molecule has 0 aliphatic heterocycles. The molecule has 18 heavy (non-hydrogen) atoms. The van der Waals surface area contributed by atoms with Crippen molar-refractivity contribution in [2.75, 3.05) is 0 Å². The van der Waals surface area contributed by atoms with Crippen molar-refractivity contribution >= 4 is 19.9 Å². The summed E-state index contributed by atoms with van der Waals surface area (Å²) in [6.45, 7) is 7.11. The fraction of sp³-hybridized carbons (Fsp3) is 0.438. The second kappa shape index (κ2) is 5.23. The molecule has 1 aromatic carbocycles. The SMILES string of the molecule is C[Si](C)(C)C1CCCC(=O)/C1=C\c1ccccc1. The molecule has 0 spiro atoms. The number of hydrogen-bond donors (Lipinski definition) is 0. The molecule has 1 unspecified atom stereocenters. The van der Waals surface area contributed by atoms with Gasteiger partial charge in [0.2, 0.25) is 0 Å². The Kier molecular flexibility index (Phi) is 3.86. The first-order chi connectivity index (χ1) is 8.48. The smallest absolute Gasteiger partial charge is 0.158 e. The Morgan fingerprint density at radius 2 is 1.83 bits per heavy atom. The first-order valence-electron chi connectivity index (χ1n) is 6.78. The van der Waals surface area contributed by atoms with Crippen LogP contribution < -0.4 is 0 Å². The van der Waals surface area contributed by atoms with Gasteiger partial charge in [-0.3, -0.25) is 4.79 Å². The van der Waals surface area contributed by atoms with E-state index < -0.39 is 8.07 Å². The Bertz CT molecular complexity index is 454. The van der Waals surface area contributed by atoms with E-state index in [1.165, 1.54) is 6.42 Å². The van der Waals surface area contributed by atoms with Crippen LogP contribution in [0.5, 0.6) is 0 Å². The third-order valence-electron chi connectivity index (χ3n) is 3.76. The molecule has 1 saturated carbocycles. The van der Waals surface area contributed by atoms with E-state index in [2.05, 4.69) is 37.8 Å². The predicted octanol–water partition coefficient (Wildman–Crippen LogP) is 4.53. The van der Waals surface area contributed by atoms with E-state index in [0.717, 1.165) is 24.0 Å². The van der Waals surface area contributed by atoms with Gasteiger partial charge in [0.25, 0.3) is 0 Å². The lowest BCUT2D eigenvalue weighted by Crippen LogP contribution is -2.34. The van der Waals surface area contributed by atoms with Gasteiger partial charge >= 0.3 is 0 Å². The molecule has 0 aromatic heterocycles. The number of hydrogen-bond acceptors (Lipinski definition) is 1. The Balaban J connectivity index is 2.37. The minimum absolute atomic E-state index is 0.373. The molecule has 1 fully saturated rings. The number of carbonyl (C=O) groups excluding carboxylic acids is 1. The summed E-state index contributed by atoms with van der Waals surface area (Å²) in [5, 5.41) is 0. The van der Waals surface area contributed by atoms with Gasteiger partial charge in [0.05, 0.1) is 8.07 Å². The van der Waals surface area contributed by atoms with E-state index in [1.807, 2.05) is 18.2 Å². The summed E-state index contributed by atoms with van der Waals surface area (Å²) < 4.78 is 0. The lowest BCUT2D eigenvalue weighted by molar-refractivity contribution is -0.116. The number of ketones is 1. The molecule has 2 rings (SSSR count). The van der Waals surface area contributed by atoms with Gasteiger partial charge in [-0.25, -0.2) is 0 Å². The Morgan fingerprint density at radius 1 is 1.17 bits per heavy atom. The predicted molar refractivity (Wildman–Crippen MR) is 80.4 cm³/mol. The van der Waals surface area contributed by atoms with Crippen LogP contribution in [0.15, 0.2) is 35.9 Å². The first kappa shape index (κ1) is 13.3. The summed E-state index contributed by atoms with van der Waals surface area (Å²) >= 11 is 0. The molecule has 1 atom stereocenters. The van der Waals surface area contributed by atoms with Crippen molar-refractivity contribution in [3.05, 3.63) is 41.5 Å². The zero-order valence-electron chi connectivity index (χ0n) is 11.6. The fourth-order valence-electron chi connectivity index (χ4n) is 2.77. The van der Waals surface area contributed by atoms with E-state index >= 15 is 0 Å². The minimum Gasteiger partial charge on any atom is -0.295 e. The standard InChI is InChI=1S/C16H22OSi/c1-18(2,3)16-11-7-10-15(17)14(16)12-13-8-5-4-6-9-13/h4-6,8-9,12,16H,7,10-11H2,1-3H3/b14-12+. The van der Waals surface area contributed by atoms with Gasteiger partial charge in [-0.1, -0.05) is 50.0 Å². The normalized spacial score (nSPS) is 23.4. The maximum absolute atomic E-state index is 12.2. The van der Waals surface area contributed by atoms with Crippen LogP contribution in [0.1, 0.15) is 24.8 Å². The number of allylic oxidation sites excluding steroid dienone is 1. The van der Waals surface area contributed by atoms with Gasteiger partial charge in [-0.2, -0.15) is 0 Å². The fourth-order valence-corrected chi connectivity index (χ4v) is 5.02. The summed E-state index contributed by atoms with van der Waals surface area (Å²) in [4.78, 5) is 12.2. The second-order valence-corrected chi connectivity index (χ2v) is 11.7. The van der Waals surface area contributed by atoms with E-state index in [-0.39, 0.29) is 0 Å². The second-order valence-electron chi connectivity index (χ2n) is 6.24. The van der Waals surface area contributed by atoms with E-state index in [0.29, 0.717) is 11.3 Å².